The molecule has 1 aliphatic carbocycles. The van der Waals surface area contributed by atoms with Gasteiger partial charge in [-0.05, 0) is 26.7 Å². The summed E-state index contributed by atoms with van der Waals surface area (Å²) in [6.07, 6.45) is 5.32. The Balaban J connectivity index is 2.37. The first-order chi connectivity index (χ1) is 7.43. The fraction of sp³-hybridized carbons (Fsp3) is 0.833. The van der Waals surface area contributed by atoms with Crippen LogP contribution in [0, 0.1) is 11.3 Å². The van der Waals surface area contributed by atoms with Crippen LogP contribution in [0.25, 0.3) is 0 Å². The van der Waals surface area contributed by atoms with Gasteiger partial charge in [0.2, 0.25) is 5.91 Å². The Hall–Kier alpha value is -1.06. The van der Waals surface area contributed by atoms with Gasteiger partial charge in [0.1, 0.15) is 0 Å². The molecule has 0 atom stereocenters. The summed E-state index contributed by atoms with van der Waals surface area (Å²) >= 11 is 0. The Morgan fingerprint density at radius 2 is 1.81 bits per heavy atom. The molecule has 92 valence electrons. The molecule has 0 bridgehead atoms. The van der Waals surface area contributed by atoms with Crippen molar-refractivity contribution >= 4 is 11.9 Å². The minimum Gasteiger partial charge on any atom is -0.481 e. The quantitative estimate of drug-likeness (QED) is 0.769. The summed E-state index contributed by atoms with van der Waals surface area (Å²) in [4.78, 5) is 22.6. The average molecular weight is 227 g/mol. The van der Waals surface area contributed by atoms with Gasteiger partial charge in [-0.3, -0.25) is 9.59 Å². The van der Waals surface area contributed by atoms with Crippen molar-refractivity contribution in [3.8, 4) is 0 Å². The van der Waals surface area contributed by atoms with E-state index in [-0.39, 0.29) is 18.4 Å². The maximum atomic E-state index is 11.8. The standard InChI is InChI=1S/C12H21NO3/c1-12(2,11(15)16)8-13-10(14)9-6-4-3-5-7-9/h9H,3-8H2,1-2H3,(H,13,14)(H,15,16). The van der Waals surface area contributed by atoms with E-state index in [9.17, 15) is 9.59 Å². The smallest absolute Gasteiger partial charge is 0.310 e. The molecule has 0 heterocycles. The van der Waals surface area contributed by atoms with E-state index >= 15 is 0 Å². The van der Waals surface area contributed by atoms with Crippen LogP contribution in [0.1, 0.15) is 46.0 Å². The zero-order chi connectivity index (χ0) is 12.2. The molecular weight excluding hydrogens is 206 g/mol. The third-order valence-corrected chi connectivity index (χ3v) is 3.26. The van der Waals surface area contributed by atoms with Crippen molar-refractivity contribution in [1.82, 2.24) is 5.32 Å². The molecule has 0 aromatic rings. The number of nitrogens with one attached hydrogen (secondary N) is 1. The number of carbonyl (C=O) groups excluding carboxylic acids is 1. The molecular formula is C12H21NO3. The van der Waals surface area contributed by atoms with Gasteiger partial charge in [-0.25, -0.2) is 0 Å². The predicted molar refractivity (Wildman–Crippen MR) is 61.0 cm³/mol. The van der Waals surface area contributed by atoms with Gasteiger partial charge in [0.15, 0.2) is 0 Å². The van der Waals surface area contributed by atoms with Crippen LogP contribution in [-0.2, 0) is 9.59 Å². The molecule has 1 amide bonds. The van der Waals surface area contributed by atoms with Crippen molar-refractivity contribution in [3.05, 3.63) is 0 Å². The number of carboxylic acid groups (broad SMARTS) is 1. The lowest BCUT2D eigenvalue weighted by Gasteiger charge is -2.24. The van der Waals surface area contributed by atoms with Crippen LogP contribution >= 0.6 is 0 Å². The van der Waals surface area contributed by atoms with E-state index in [1.54, 1.807) is 13.8 Å². The fourth-order valence-corrected chi connectivity index (χ4v) is 1.89. The number of carbonyl (C=O) groups is 2. The molecule has 4 nitrogen and oxygen atoms in total. The zero-order valence-electron chi connectivity index (χ0n) is 10.1. The SMILES string of the molecule is CC(C)(CNC(=O)C1CCCCC1)C(=O)O. The van der Waals surface area contributed by atoms with E-state index < -0.39 is 11.4 Å². The lowest BCUT2D eigenvalue weighted by Crippen LogP contribution is -2.41. The third kappa shape index (κ3) is 3.51. The van der Waals surface area contributed by atoms with Crippen LogP contribution in [0.15, 0.2) is 0 Å². The van der Waals surface area contributed by atoms with Crippen molar-refractivity contribution in [1.29, 1.82) is 0 Å². The summed E-state index contributed by atoms with van der Waals surface area (Å²) in [6.45, 7) is 3.45. The molecule has 1 rings (SSSR count). The van der Waals surface area contributed by atoms with Crippen molar-refractivity contribution in [2.75, 3.05) is 6.54 Å². The molecule has 0 saturated heterocycles. The maximum absolute atomic E-state index is 11.8. The molecule has 0 aliphatic heterocycles. The highest BCUT2D eigenvalue weighted by molar-refractivity contribution is 5.80. The maximum Gasteiger partial charge on any atom is 0.310 e. The van der Waals surface area contributed by atoms with Gasteiger partial charge in [0.25, 0.3) is 0 Å². The minimum atomic E-state index is -0.885. The van der Waals surface area contributed by atoms with Crippen LogP contribution in [-0.4, -0.2) is 23.5 Å². The first-order valence-corrected chi connectivity index (χ1v) is 5.94. The van der Waals surface area contributed by atoms with Crippen molar-refractivity contribution in [2.45, 2.75) is 46.0 Å². The second-order valence-electron chi connectivity index (χ2n) is 5.24. The molecule has 2 N–H and O–H groups in total. The van der Waals surface area contributed by atoms with Gasteiger partial charge in [0, 0.05) is 12.5 Å². The molecule has 16 heavy (non-hydrogen) atoms. The molecule has 4 heteroatoms. The molecule has 1 aliphatic rings. The highest BCUT2D eigenvalue weighted by atomic mass is 16.4. The van der Waals surface area contributed by atoms with E-state index in [0.717, 1.165) is 25.7 Å². The van der Waals surface area contributed by atoms with Gasteiger partial charge in [-0.1, -0.05) is 19.3 Å². The number of carboxylic acids is 1. The van der Waals surface area contributed by atoms with Gasteiger partial charge < -0.3 is 10.4 Å². The van der Waals surface area contributed by atoms with Crippen LogP contribution in [0.5, 0.6) is 0 Å². The Labute approximate surface area is 96.4 Å². The highest BCUT2D eigenvalue weighted by Gasteiger charge is 2.29. The lowest BCUT2D eigenvalue weighted by atomic mass is 9.88. The third-order valence-electron chi connectivity index (χ3n) is 3.26. The molecule has 1 fully saturated rings. The Morgan fingerprint density at radius 1 is 1.25 bits per heavy atom. The van der Waals surface area contributed by atoms with Gasteiger partial charge >= 0.3 is 5.97 Å². The van der Waals surface area contributed by atoms with Gasteiger partial charge in [-0.15, -0.1) is 0 Å². The summed E-state index contributed by atoms with van der Waals surface area (Å²) in [5.41, 5.74) is -0.885. The second kappa shape index (κ2) is 5.32. The van der Waals surface area contributed by atoms with Crippen LogP contribution < -0.4 is 5.32 Å². The topological polar surface area (TPSA) is 66.4 Å². The lowest BCUT2D eigenvalue weighted by molar-refractivity contribution is -0.146. The number of rotatable bonds is 4. The van der Waals surface area contributed by atoms with Crippen LogP contribution in [0.3, 0.4) is 0 Å². The minimum absolute atomic E-state index is 0.0222. The van der Waals surface area contributed by atoms with E-state index in [1.807, 2.05) is 0 Å². The van der Waals surface area contributed by atoms with Crippen LogP contribution in [0.2, 0.25) is 0 Å². The molecule has 1 saturated carbocycles. The summed E-state index contributed by atoms with van der Waals surface area (Å²) in [7, 11) is 0. The van der Waals surface area contributed by atoms with Gasteiger partial charge in [0.05, 0.1) is 5.41 Å². The Bertz CT molecular complexity index is 267. The number of aliphatic carboxylic acids is 1. The van der Waals surface area contributed by atoms with Crippen molar-refractivity contribution in [2.24, 2.45) is 11.3 Å². The highest BCUT2D eigenvalue weighted by Crippen LogP contribution is 2.24. The number of amides is 1. The number of hydrogen-bond donors (Lipinski definition) is 2. The van der Waals surface area contributed by atoms with E-state index in [2.05, 4.69) is 5.32 Å². The molecule has 0 radical (unpaired) electrons. The first-order valence-electron chi connectivity index (χ1n) is 5.94. The Kier molecular flexibility index (Phi) is 4.33. The van der Waals surface area contributed by atoms with Crippen LogP contribution in [0.4, 0.5) is 0 Å². The molecule has 0 spiro atoms. The monoisotopic (exact) mass is 227 g/mol. The summed E-state index contributed by atoms with van der Waals surface area (Å²) in [6, 6.07) is 0. The molecule has 0 unspecified atom stereocenters. The second-order valence-corrected chi connectivity index (χ2v) is 5.24. The molecule has 0 aromatic carbocycles. The average Bonchev–Trinajstić information content (AvgIpc) is 2.27. The van der Waals surface area contributed by atoms with Crippen molar-refractivity contribution < 1.29 is 14.7 Å². The zero-order valence-corrected chi connectivity index (χ0v) is 10.1. The van der Waals surface area contributed by atoms with E-state index in [0.29, 0.717) is 0 Å². The Morgan fingerprint density at radius 3 is 2.31 bits per heavy atom. The van der Waals surface area contributed by atoms with E-state index in [1.165, 1.54) is 6.42 Å². The summed E-state index contributed by atoms with van der Waals surface area (Å²) < 4.78 is 0. The molecule has 0 aromatic heterocycles. The first kappa shape index (κ1) is 13.0. The summed E-state index contributed by atoms with van der Waals surface area (Å²) in [5.74, 6) is -0.760. The largest absolute Gasteiger partial charge is 0.481 e. The fourth-order valence-electron chi connectivity index (χ4n) is 1.89. The van der Waals surface area contributed by atoms with Crippen molar-refractivity contribution in [3.63, 3.8) is 0 Å². The van der Waals surface area contributed by atoms with Gasteiger partial charge in [-0.2, -0.15) is 0 Å². The summed E-state index contributed by atoms with van der Waals surface area (Å²) in [5, 5.41) is 11.7. The predicted octanol–water partition coefficient (Wildman–Crippen LogP) is 1.79. The van der Waals surface area contributed by atoms with E-state index in [4.69, 9.17) is 5.11 Å². The number of hydrogen-bond acceptors (Lipinski definition) is 2. The normalized spacial score (nSPS) is 18.1.